The first-order valence-corrected chi connectivity index (χ1v) is 5.65. The van der Waals surface area contributed by atoms with Crippen molar-refractivity contribution < 1.29 is 13.9 Å². The maximum absolute atomic E-state index is 13.3. The number of aryl methyl sites for hydroxylation is 1. The van der Waals surface area contributed by atoms with Crippen LogP contribution in [0.15, 0.2) is 18.2 Å². The van der Waals surface area contributed by atoms with Crippen LogP contribution in [0.5, 0.6) is 0 Å². The molecule has 1 aromatic carbocycles. The van der Waals surface area contributed by atoms with E-state index in [1.807, 2.05) is 19.9 Å². The van der Waals surface area contributed by atoms with Crippen molar-refractivity contribution in [1.29, 1.82) is 0 Å². The van der Waals surface area contributed by atoms with Crippen molar-refractivity contribution in [2.24, 2.45) is 0 Å². The van der Waals surface area contributed by atoms with Crippen LogP contribution in [0.1, 0.15) is 25.0 Å². The van der Waals surface area contributed by atoms with E-state index in [2.05, 4.69) is 0 Å². The van der Waals surface area contributed by atoms with E-state index in [4.69, 9.17) is 9.47 Å². The molecule has 2 nitrogen and oxygen atoms in total. The minimum absolute atomic E-state index is 0.177. The van der Waals surface area contributed by atoms with Crippen molar-refractivity contribution in [3.63, 3.8) is 0 Å². The van der Waals surface area contributed by atoms with Crippen molar-refractivity contribution in [3.05, 3.63) is 35.1 Å². The Kier molecular flexibility index (Phi) is 5.43. The zero-order valence-electron chi connectivity index (χ0n) is 10.1. The molecule has 0 saturated heterocycles. The Bertz CT molecular complexity index is 320. The molecule has 0 heterocycles. The van der Waals surface area contributed by atoms with E-state index in [1.54, 1.807) is 19.1 Å². The monoisotopic (exact) mass is 226 g/mol. The molecule has 1 rings (SSSR count). The highest BCUT2D eigenvalue weighted by Gasteiger charge is 2.10. The molecule has 0 fully saturated rings. The molecule has 0 aliphatic heterocycles. The lowest BCUT2D eigenvalue weighted by Crippen LogP contribution is -2.20. The molecule has 1 aromatic rings. The van der Waals surface area contributed by atoms with Crippen molar-refractivity contribution in [3.8, 4) is 0 Å². The normalized spacial score (nSPS) is 11.1. The minimum atomic E-state index is -0.280. The molecule has 0 saturated carbocycles. The Labute approximate surface area is 96.4 Å². The first-order chi connectivity index (χ1) is 7.67. The second-order valence-electron chi connectivity index (χ2n) is 3.63. The quantitative estimate of drug-likeness (QED) is 0.694. The summed E-state index contributed by atoms with van der Waals surface area (Å²) in [5, 5.41) is 0. The molecule has 0 radical (unpaired) electrons. The van der Waals surface area contributed by atoms with Crippen LogP contribution in [0.25, 0.3) is 0 Å². The van der Waals surface area contributed by atoms with Gasteiger partial charge in [-0.3, -0.25) is 0 Å². The van der Waals surface area contributed by atoms with Gasteiger partial charge in [0.25, 0.3) is 0 Å². The lowest BCUT2D eigenvalue weighted by molar-refractivity contribution is -0.134. The average molecular weight is 226 g/mol. The predicted molar refractivity (Wildman–Crippen MR) is 61.9 cm³/mol. The van der Waals surface area contributed by atoms with Gasteiger partial charge in [-0.05, 0) is 38.0 Å². The molecule has 0 aromatic heterocycles. The molecule has 0 N–H and O–H groups in total. The SMILES string of the molecule is CCOC(Cc1ccc(C)c(F)c1)OCC. The highest BCUT2D eigenvalue weighted by Crippen LogP contribution is 2.12. The first kappa shape index (κ1) is 13.1. The zero-order chi connectivity index (χ0) is 12.0. The van der Waals surface area contributed by atoms with E-state index in [0.717, 1.165) is 5.56 Å². The molecule has 0 spiro atoms. The lowest BCUT2D eigenvalue weighted by atomic mass is 10.1. The minimum Gasteiger partial charge on any atom is -0.353 e. The number of benzene rings is 1. The summed E-state index contributed by atoms with van der Waals surface area (Å²) in [6, 6.07) is 5.23. The van der Waals surface area contributed by atoms with Gasteiger partial charge >= 0.3 is 0 Å². The van der Waals surface area contributed by atoms with Gasteiger partial charge in [-0.15, -0.1) is 0 Å². The van der Waals surface area contributed by atoms with Crippen molar-refractivity contribution in [2.75, 3.05) is 13.2 Å². The highest BCUT2D eigenvalue weighted by atomic mass is 19.1. The van der Waals surface area contributed by atoms with Gasteiger partial charge in [0.15, 0.2) is 6.29 Å². The second-order valence-corrected chi connectivity index (χ2v) is 3.63. The molecule has 0 aliphatic rings. The van der Waals surface area contributed by atoms with Crippen LogP contribution in [0.4, 0.5) is 4.39 Å². The largest absolute Gasteiger partial charge is 0.353 e. The van der Waals surface area contributed by atoms with E-state index in [9.17, 15) is 4.39 Å². The fraction of sp³-hybridized carbons (Fsp3) is 0.538. The summed E-state index contributed by atoms with van der Waals surface area (Å²) in [6.07, 6.45) is 0.302. The molecule has 0 amide bonds. The van der Waals surface area contributed by atoms with Crippen LogP contribution >= 0.6 is 0 Å². The van der Waals surface area contributed by atoms with Gasteiger partial charge in [0.1, 0.15) is 5.82 Å². The van der Waals surface area contributed by atoms with Crippen LogP contribution in [-0.2, 0) is 15.9 Å². The van der Waals surface area contributed by atoms with E-state index < -0.39 is 0 Å². The van der Waals surface area contributed by atoms with Gasteiger partial charge < -0.3 is 9.47 Å². The third-order valence-corrected chi connectivity index (χ3v) is 2.34. The fourth-order valence-electron chi connectivity index (χ4n) is 1.49. The van der Waals surface area contributed by atoms with Gasteiger partial charge in [-0.2, -0.15) is 0 Å². The molecular formula is C13H19FO2. The van der Waals surface area contributed by atoms with E-state index in [-0.39, 0.29) is 12.1 Å². The van der Waals surface area contributed by atoms with Gasteiger partial charge in [0.05, 0.1) is 0 Å². The van der Waals surface area contributed by atoms with Crippen LogP contribution in [0, 0.1) is 12.7 Å². The zero-order valence-corrected chi connectivity index (χ0v) is 10.1. The highest BCUT2D eigenvalue weighted by molar-refractivity contribution is 5.23. The number of hydrogen-bond acceptors (Lipinski definition) is 2. The molecule has 0 atom stereocenters. The van der Waals surface area contributed by atoms with Crippen molar-refractivity contribution in [1.82, 2.24) is 0 Å². The summed E-state index contributed by atoms with van der Waals surface area (Å²) in [4.78, 5) is 0. The Morgan fingerprint density at radius 1 is 1.19 bits per heavy atom. The Morgan fingerprint density at radius 2 is 1.81 bits per heavy atom. The molecular weight excluding hydrogens is 207 g/mol. The second kappa shape index (κ2) is 6.61. The molecule has 0 bridgehead atoms. The summed E-state index contributed by atoms with van der Waals surface area (Å²) in [5.74, 6) is -0.177. The predicted octanol–water partition coefficient (Wildman–Crippen LogP) is 3.08. The van der Waals surface area contributed by atoms with Gasteiger partial charge in [-0.1, -0.05) is 12.1 Å². The maximum atomic E-state index is 13.3. The van der Waals surface area contributed by atoms with Crippen molar-refractivity contribution in [2.45, 2.75) is 33.5 Å². The van der Waals surface area contributed by atoms with E-state index in [1.165, 1.54) is 0 Å². The summed E-state index contributed by atoms with van der Waals surface area (Å²) in [6.45, 7) is 6.78. The smallest absolute Gasteiger partial charge is 0.161 e. The van der Waals surface area contributed by atoms with Crippen molar-refractivity contribution >= 4 is 0 Å². The molecule has 3 heteroatoms. The Balaban J connectivity index is 2.65. The van der Waals surface area contributed by atoms with Crippen LogP contribution in [0.3, 0.4) is 0 Å². The third kappa shape index (κ3) is 3.91. The standard InChI is InChI=1S/C13H19FO2/c1-4-15-13(16-5-2)9-11-7-6-10(3)12(14)8-11/h6-8,13H,4-5,9H2,1-3H3. The average Bonchev–Trinajstić information content (AvgIpc) is 2.24. The number of rotatable bonds is 6. The number of ether oxygens (including phenoxy) is 2. The van der Waals surface area contributed by atoms with Crippen LogP contribution in [-0.4, -0.2) is 19.5 Å². The molecule has 16 heavy (non-hydrogen) atoms. The summed E-state index contributed by atoms with van der Waals surface area (Å²) in [7, 11) is 0. The summed E-state index contributed by atoms with van der Waals surface area (Å²) in [5.41, 5.74) is 1.56. The number of halogens is 1. The maximum Gasteiger partial charge on any atom is 0.161 e. The summed E-state index contributed by atoms with van der Waals surface area (Å²) < 4.78 is 24.1. The van der Waals surface area contributed by atoms with Crippen LogP contribution in [0.2, 0.25) is 0 Å². The van der Waals surface area contributed by atoms with Gasteiger partial charge in [0, 0.05) is 19.6 Å². The molecule has 90 valence electrons. The Morgan fingerprint density at radius 3 is 2.31 bits per heavy atom. The summed E-state index contributed by atoms with van der Waals surface area (Å²) >= 11 is 0. The first-order valence-electron chi connectivity index (χ1n) is 5.65. The van der Waals surface area contributed by atoms with Crippen LogP contribution < -0.4 is 0 Å². The van der Waals surface area contributed by atoms with Gasteiger partial charge in [-0.25, -0.2) is 4.39 Å². The Hall–Kier alpha value is -0.930. The fourth-order valence-corrected chi connectivity index (χ4v) is 1.49. The molecule has 0 aliphatic carbocycles. The number of hydrogen-bond donors (Lipinski definition) is 0. The third-order valence-electron chi connectivity index (χ3n) is 2.34. The van der Waals surface area contributed by atoms with E-state index >= 15 is 0 Å². The lowest BCUT2D eigenvalue weighted by Gasteiger charge is -2.17. The van der Waals surface area contributed by atoms with E-state index in [0.29, 0.717) is 25.2 Å². The topological polar surface area (TPSA) is 18.5 Å². The van der Waals surface area contributed by atoms with Gasteiger partial charge in [0.2, 0.25) is 0 Å². The molecule has 0 unspecified atom stereocenters.